The molecule has 0 aliphatic carbocycles. The summed E-state index contributed by atoms with van der Waals surface area (Å²) in [5, 5.41) is 3.44. The Labute approximate surface area is 99.0 Å². The Hall–Kier alpha value is -0.610. The Morgan fingerprint density at radius 2 is 2.19 bits per heavy atom. The van der Waals surface area contributed by atoms with Gasteiger partial charge in [-0.15, -0.1) is 0 Å². The van der Waals surface area contributed by atoms with E-state index >= 15 is 0 Å². The second-order valence-corrected chi connectivity index (χ2v) is 4.78. The van der Waals surface area contributed by atoms with Crippen LogP contribution in [0, 0.1) is 0 Å². The van der Waals surface area contributed by atoms with Gasteiger partial charge in [-0.05, 0) is 40.4 Å². The van der Waals surface area contributed by atoms with E-state index in [9.17, 15) is 4.79 Å². The molecule has 16 heavy (non-hydrogen) atoms. The molecule has 1 aliphatic heterocycles. The van der Waals surface area contributed by atoms with Gasteiger partial charge in [-0.3, -0.25) is 4.79 Å². The van der Waals surface area contributed by atoms with E-state index in [-0.39, 0.29) is 5.91 Å². The third-order valence-electron chi connectivity index (χ3n) is 3.11. The van der Waals surface area contributed by atoms with Crippen LogP contribution in [0.1, 0.15) is 26.2 Å². The molecule has 1 rings (SSSR count). The normalized spacial score (nSPS) is 20.4. The summed E-state index contributed by atoms with van der Waals surface area (Å²) in [7, 11) is 4.00. The van der Waals surface area contributed by atoms with E-state index < -0.39 is 0 Å². The largest absolute Gasteiger partial charge is 0.341 e. The molecule has 4 nitrogen and oxygen atoms in total. The Balaban J connectivity index is 2.30. The van der Waals surface area contributed by atoms with Crippen LogP contribution in [0.5, 0.6) is 0 Å². The molecule has 94 valence electrons. The molecule has 1 saturated heterocycles. The quantitative estimate of drug-likeness (QED) is 0.719. The number of rotatable bonds is 6. The van der Waals surface area contributed by atoms with Crippen molar-refractivity contribution in [1.82, 2.24) is 15.1 Å². The van der Waals surface area contributed by atoms with Crippen molar-refractivity contribution >= 4 is 5.91 Å². The molecule has 1 aliphatic rings. The third kappa shape index (κ3) is 4.49. The van der Waals surface area contributed by atoms with Crippen molar-refractivity contribution in [3.8, 4) is 0 Å². The molecule has 0 aromatic carbocycles. The molecule has 1 atom stereocenters. The minimum absolute atomic E-state index is 0.282. The highest BCUT2D eigenvalue weighted by Crippen LogP contribution is 2.07. The van der Waals surface area contributed by atoms with Gasteiger partial charge in [-0.25, -0.2) is 0 Å². The zero-order valence-electron chi connectivity index (χ0n) is 10.8. The van der Waals surface area contributed by atoms with Gasteiger partial charge < -0.3 is 15.1 Å². The first-order chi connectivity index (χ1) is 7.63. The predicted octanol–water partition coefficient (Wildman–Crippen LogP) is 0.539. The first kappa shape index (κ1) is 13.5. The number of nitrogens with one attached hydrogen (secondary N) is 1. The SMILES string of the molecule is CCN(CC1CCCN1)C(=O)CCN(C)C. The van der Waals surface area contributed by atoms with E-state index in [2.05, 4.69) is 17.1 Å². The van der Waals surface area contributed by atoms with Gasteiger partial charge in [-0.2, -0.15) is 0 Å². The molecule has 1 fully saturated rings. The maximum Gasteiger partial charge on any atom is 0.223 e. The van der Waals surface area contributed by atoms with Crippen molar-refractivity contribution in [2.24, 2.45) is 0 Å². The smallest absolute Gasteiger partial charge is 0.223 e. The molecule has 4 heteroatoms. The number of hydrogen-bond donors (Lipinski definition) is 1. The van der Waals surface area contributed by atoms with E-state index in [0.717, 1.165) is 26.2 Å². The minimum Gasteiger partial charge on any atom is -0.341 e. The highest BCUT2D eigenvalue weighted by molar-refractivity contribution is 5.76. The lowest BCUT2D eigenvalue weighted by atomic mass is 10.2. The first-order valence-corrected chi connectivity index (χ1v) is 6.29. The summed E-state index contributed by atoms with van der Waals surface area (Å²) in [5.41, 5.74) is 0. The van der Waals surface area contributed by atoms with E-state index in [0.29, 0.717) is 12.5 Å². The average molecular weight is 227 g/mol. The third-order valence-corrected chi connectivity index (χ3v) is 3.11. The number of carbonyl (C=O) groups excluding carboxylic acids is 1. The van der Waals surface area contributed by atoms with Crippen molar-refractivity contribution < 1.29 is 4.79 Å². The summed E-state index contributed by atoms with van der Waals surface area (Å²) < 4.78 is 0. The van der Waals surface area contributed by atoms with Gasteiger partial charge >= 0.3 is 0 Å². The summed E-state index contributed by atoms with van der Waals surface area (Å²) in [6.07, 6.45) is 3.08. The topological polar surface area (TPSA) is 35.6 Å². The maximum absolute atomic E-state index is 11.9. The highest BCUT2D eigenvalue weighted by atomic mass is 16.2. The molecule has 1 N–H and O–H groups in total. The predicted molar refractivity (Wildman–Crippen MR) is 66.4 cm³/mol. The lowest BCUT2D eigenvalue weighted by Crippen LogP contribution is -2.41. The fourth-order valence-electron chi connectivity index (χ4n) is 2.06. The Bertz CT molecular complexity index is 212. The molecule has 0 saturated carbocycles. The van der Waals surface area contributed by atoms with E-state index in [1.165, 1.54) is 12.8 Å². The average Bonchev–Trinajstić information content (AvgIpc) is 2.75. The van der Waals surface area contributed by atoms with Crippen molar-refractivity contribution in [2.75, 3.05) is 40.3 Å². The molecular weight excluding hydrogens is 202 g/mol. The summed E-state index contributed by atoms with van der Waals surface area (Å²) >= 11 is 0. The molecule has 0 radical (unpaired) electrons. The number of hydrogen-bond acceptors (Lipinski definition) is 3. The number of amides is 1. The second-order valence-electron chi connectivity index (χ2n) is 4.78. The molecular formula is C12H25N3O. The summed E-state index contributed by atoms with van der Waals surface area (Å²) in [6.45, 7) is 5.71. The van der Waals surface area contributed by atoms with Crippen LogP contribution in [0.3, 0.4) is 0 Å². The minimum atomic E-state index is 0.282. The summed E-state index contributed by atoms with van der Waals surface area (Å²) in [4.78, 5) is 16.0. The summed E-state index contributed by atoms with van der Waals surface area (Å²) in [5.74, 6) is 0.282. The van der Waals surface area contributed by atoms with Crippen LogP contribution in [0.25, 0.3) is 0 Å². The van der Waals surface area contributed by atoms with Crippen molar-refractivity contribution in [2.45, 2.75) is 32.2 Å². The second kappa shape index (κ2) is 6.86. The Kier molecular flexibility index (Phi) is 5.77. The lowest BCUT2D eigenvalue weighted by molar-refractivity contribution is -0.131. The van der Waals surface area contributed by atoms with Gasteiger partial charge in [-0.1, -0.05) is 0 Å². The van der Waals surface area contributed by atoms with Crippen LogP contribution in [-0.2, 0) is 4.79 Å². The van der Waals surface area contributed by atoms with E-state index in [1.807, 2.05) is 19.0 Å². The lowest BCUT2D eigenvalue weighted by Gasteiger charge is -2.25. The molecule has 0 bridgehead atoms. The molecule has 1 amide bonds. The van der Waals surface area contributed by atoms with E-state index in [4.69, 9.17) is 0 Å². The zero-order chi connectivity index (χ0) is 12.0. The number of carbonyl (C=O) groups is 1. The zero-order valence-corrected chi connectivity index (χ0v) is 10.8. The van der Waals surface area contributed by atoms with Crippen LogP contribution in [0.4, 0.5) is 0 Å². The monoisotopic (exact) mass is 227 g/mol. The Morgan fingerprint density at radius 3 is 2.69 bits per heavy atom. The first-order valence-electron chi connectivity index (χ1n) is 6.29. The molecule has 1 heterocycles. The van der Waals surface area contributed by atoms with Crippen LogP contribution in [0.2, 0.25) is 0 Å². The standard InChI is InChI=1S/C12H25N3O/c1-4-15(10-11-6-5-8-13-11)12(16)7-9-14(2)3/h11,13H,4-10H2,1-3H3. The van der Waals surface area contributed by atoms with Crippen LogP contribution < -0.4 is 5.32 Å². The molecule has 0 aromatic rings. The van der Waals surface area contributed by atoms with Gasteiger partial charge in [0.2, 0.25) is 5.91 Å². The van der Waals surface area contributed by atoms with Gasteiger partial charge in [0, 0.05) is 32.1 Å². The molecule has 0 spiro atoms. The Morgan fingerprint density at radius 1 is 1.44 bits per heavy atom. The number of nitrogens with zero attached hydrogens (tertiary/aromatic N) is 2. The van der Waals surface area contributed by atoms with Crippen molar-refractivity contribution in [1.29, 1.82) is 0 Å². The van der Waals surface area contributed by atoms with Gasteiger partial charge in [0.05, 0.1) is 0 Å². The summed E-state index contributed by atoms with van der Waals surface area (Å²) in [6, 6.07) is 0.517. The molecule has 0 aromatic heterocycles. The van der Waals surface area contributed by atoms with Crippen LogP contribution in [-0.4, -0.2) is 62.0 Å². The van der Waals surface area contributed by atoms with Crippen molar-refractivity contribution in [3.05, 3.63) is 0 Å². The highest BCUT2D eigenvalue weighted by Gasteiger charge is 2.19. The maximum atomic E-state index is 11.9. The van der Waals surface area contributed by atoms with Crippen LogP contribution in [0.15, 0.2) is 0 Å². The van der Waals surface area contributed by atoms with Crippen molar-refractivity contribution in [3.63, 3.8) is 0 Å². The van der Waals surface area contributed by atoms with Gasteiger partial charge in [0.25, 0.3) is 0 Å². The van der Waals surface area contributed by atoms with E-state index in [1.54, 1.807) is 0 Å². The fraction of sp³-hybridized carbons (Fsp3) is 0.917. The molecule has 1 unspecified atom stereocenters. The van der Waals surface area contributed by atoms with Gasteiger partial charge in [0.1, 0.15) is 0 Å². The van der Waals surface area contributed by atoms with Crippen LogP contribution >= 0.6 is 0 Å². The number of likely N-dealkylation sites (N-methyl/N-ethyl adjacent to an activating group) is 1. The fourth-order valence-corrected chi connectivity index (χ4v) is 2.06. The van der Waals surface area contributed by atoms with Gasteiger partial charge in [0.15, 0.2) is 0 Å².